The fraction of sp³-hybridized carbons (Fsp3) is 0.0833. The number of fused-ring (bicyclic) bond motifs is 3. The third-order valence-electron chi connectivity index (χ3n) is 4.52. The topological polar surface area (TPSA) is 38.9 Å². The van der Waals surface area contributed by atoms with Crippen LogP contribution < -0.4 is 0 Å². The van der Waals surface area contributed by atoms with Crippen molar-refractivity contribution in [1.29, 1.82) is 0 Å². The average molecular weight is 354 g/mol. The largest absolute Gasteiger partial charge is 0.456 e. The van der Waals surface area contributed by atoms with Crippen molar-refractivity contribution in [2.75, 3.05) is 0 Å². The van der Waals surface area contributed by atoms with Crippen LogP contribution in [0.3, 0.4) is 0 Å². The lowest BCUT2D eigenvalue weighted by molar-refractivity contribution is 0.669. The van der Waals surface area contributed by atoms with Crippen LogP contribution in [-0.2, 0) is 0 Å². The van der Waals surface area contributed by atoms with E-state index in [0.29, 0.717) is 22.8 Å². The molecule has 3 aromatic carbocycles. The normalized spacial score (nSPS) is 13.4. The third kappa shape index (κ3) is 2.77. The molecule has 0 saturated heterocycles. The van der Waals surface area contributed by atoms with Crippen molar-refractivity contribution in [1.82, 2.24) is 9.97 Å². The molecule has 3 nitrogen and oxygen atoms in total. The molecule has 0 aliphatic heterocycles. The van der Waals surface area contributed by atoms with E-state index in [1.807, 2.05) is 42.5 Å². The predicted octanol–water partition coefficient (Wildman–Crippen LogP) is 6.33. The van der Waals surface area contributed by atoms with Gasteiger partial charge in [-0.1, -0.05) is 48.0 Å². The van der Waals surface area contributed by atoms with Crippen molar-refractivity contribution in [3.8, 4) is 22.5 Å². The first-order valence-electron chi connectivity index (χ1n) is 10.7. The highest BCUT2D eigenvalue weighted by atomic mass is 16.3. The van der Waals surface area contributed by atoms with Gasteiger partial charge in [-0.05, 0) is 44.2 Å². The Morgan fingerprint density at radius 1 is 0.815 bits per heavy atom. The second-order valence-corrected chi connectivity index (χ2v) is 6.49. The molecule has 27 heavy (non-hydrogen) atoms. The standard InChI is InChI=1S/C24H18N2O/c1-15-6-5-7-17(12-15)21-14-22(26-16(2)25-21)18-10-11-20-19-8-3-4-9-23(19)27-24(20)13-18/h3-14H,1-2H3/i5D,6D,7D,12D. The summed E-state index contributed by atoms with van der Waals surface area (Å²) in [7, 11) is 0. The van der Waals surface area contributed by atoms with Gasteiger partial charge in [0, 0.05) is 21.9 Å². The highest BCUT2D eigenvalue weighted by Crippen LogP contribution is 2.32. The summed E-state index contributed by atoms with van der Waals surface area (Å²) in [4.78, 5) is 8.99. The molecule has 5 rings (SSSR count). The van der Waals surface area contributed by atoms with Crippen molar-refractivity contribution >= 4 is 21.9 Å². The maximum atomic E-state index is 8.43. The molecule has 0 bridgehead atoms. The summed E-state index contributed by atoms with van der Waals surface area (Å²) in [6.07, 6.45) is 0. The smallest absolute Gasteiger partial charge is 0.136 e. The van der Waals surface area contributed by atoms with Gasteiger partial charge in [-0.3, -0.25) is 0 Å². The molecule has 5 aromatic rings. The molecule has 2 heterocycles. The Hall–Kier alpha value is -3.46. The number of aryl methyl sites for hydroxylation is 1. The van der Waals surface area contributed by atoms with Gasteiger partial charge in [-0.2, -0.15) is 0 Å². The zero-order chi connectivity index (χ0) is 21.9. The van der Waals surface area contributed by atoms with E-state index >= 15 is 0 Å². The predicted molar refractivity (Wildman–Crippen MR) is 110 cm³/mol. The molecule has 0 N–H and O–H groups in total. The van der Waals surface area contributed by atoms with E-state index in [-0.39, 0.29) is 29.7 Å². The van der Waals surface area contributed by atoms with Crippen molar-refractivity contribution in [3.63, 3.8) is 0 Å². The quantitative estimate of drug-likeness (QED) is 0.372. The molecule has 0 spiro atoms. The summed E-state index contributed by atoms with van der Waals surface area (Å²) in [6.45, 7) is 3.38. The fourth-order valence-corrected chi connectivity index (χ4v) is 3.29. The first-order valence-corrected chi connectivity index (χ1v) is 8.70. The first-order chi connectivity index (χ1) is 14.8. The lowest BCUT2D eigenvalue weighted by Gasteiger charge is -2.07. The van der Waals surface area contributed by atoms with Gasteiger partial charge in [-0.25, -0.2) is 9.97 Å². The van der Waals surface area contributed by atoms with Crippen LogP contribution in [0.1, 0.15) is 16.9 Å². The van der Waals surface area contributed by atoms with E-state index in [0.717, 1.165) is 27.5 Å². The molecule has 130 valence electrons. The summed E-state index contributed by atoms with van der Waals surface area (Å²) in [5.41, 5.74) is 4.05. The molecule has 0 saturated carbocycles. The number of hydrogen-bond donors (Lipinski definition) is 0. The van der Waals surface area contributed by atoms with Crippen molar-refractivity contribution in [2.24, 2.45) is 0 Å². The van der Waals surface area contributed by atoms with Crippen LogP contribution in [0.5, 0.6) is 0 Å². The van der Waals surface area contributed by atoms with E-state index in [2.05, 4.69) is 9.97 Å². The Kier molecular flexibility index (Phi) is 2.70. The maximum absolute atomic E-state index is 8.43. The molecule has 0 aliphatic carbocycles. The van der Waals surface area contributed by atoms with Crippen LogP contribution >= 0.6 is 0 Å². The molecule has 3 heteroatoms. The lowest BCUT2D eigenvalue weighted by Crippen LogP contribution is -1.94. The molecule has 0 unspecified atom stereocenters. The number of para-hydroxylation sites is 1. The summed E-state index contributed by atoms with van der Waals surface area (Å²) in [5, 5.41) is 2.07. The van der Waals surface area contributed by atoms with Gasteiger partial charge in [0.25, 0.3) is 0 Å². The number of rotatable bonds is 2. The highest BCUT2D eigenvalue weighted by molar-refractivity contribution is 6.05. The van der Waals surface area contributed by atoms with Gasteiger partial charge in [0.1, 0.15) is 17.0 Å². The Morgan fingerprint density at radius 3 is 2.48 bits per heavy atom. The van der Waals surface area contributed by atoms with E-state index in [1.165, 1.54) is 0 Å². The second kappa shape index (κ2) is 6.06. The minimum absolute atomic E-state index is 0.0442. The van der Waals surface area contributed by atoms with Crippen LogP contribution in [0.2, 0.25) is 0 Å². The minimum Gasteiger partial charge on any atom is -0.456 e. The Bertz CT molecular complexity index is 1480. The summed E-state index contributed by atoms with van der Waals surface area (Å²) in [5.74, 6) is 0.495. The van der Waals surface area contributed by atoms with Gasteiger partial charge in [0.2, 0.25) is 0 Å². The zero-order valence-electron chi connectivity index (χ0n) is 18.9. The van der Waals surface area contributed by atoms with Crippen LogP contribution in [-0.4, -0.2) is 9.97 Å². The van der Waals surface area contributed by atoms with E-state index in [9.17, 15) is 0 Å². The summed E-state index contributed by atoms with van der Waals surface area (Å²) < 4.78 is 38.8. The van der Waals surface area contributed by atoms with Gasteiger partial charge in [0.05, 0.1) is 16.9 Å². The van der Waals surface area contributed by atoms with E-state index in [4.69, 9.17) is 9.90 Å². The van der Waals surface area contributed by atoms with Crippen LogP contribution in [0.4, 0.5) is 0 Å². The van der Waals surface area contributed by atoms with Crippen LogP contribution in [0, 0.1) is 13.8 Å². The molecule has 0 amide bonds. The summed E-state index contributed by atoms with van der Waals surface area (Å²) in [6, 6.07) is 15.1. The van der Waals surface area contributed by atoms with Gasteiger partial charge in [-0.15, -0.1) is 0 Å². The van der Waals surface area contributed by atoms with Gasteiger partial charge in [0.15, 0.2) is 0 Å². The van der Waals surface area contributed by atoms with Crippen molar-refractivity contribution in [3.05, 3.63) is 84.1 Å². The molecule has 0 radical (unpaired) electrons. The molecule has 2 aromatic heterocycles. The fourth-order valence-electron chi connectivity index (χ4n) is 3.29. The molecule has 0 atom stereocenters. The first kappa shape index (κ1) is 12.0. The molecular weight excluding hydrogens is 332 g/mol. The summed E-state index contributed by atoms with van der Waals surface area (Å²) >= 11 is 0. The highest BCUT2D eigenvalue weighted by Gasteiger charge is 2.11. The van der Waals surface area contributed by atoms with Gasteiger partial charge >= 0.3 is 0 Å². The molecular formula is C24H18N2O. The van der Waals surface area contributed by atoms with Crippen LogP contribution in [0.15, 0.2) is 77.1 Å². The number of aromatic nitrogens is 2. The monoisotopic (exact) mass is 354 g/mol. The SMILES string of the molecule is [2H]c1c([2H])c(C)c([2H])c(-c2cc(-c3ccc4c(c3)oc3ccccc34)nc(C)n2)c1[2H]. The Balaban J connectivity index is 1.71. The average Bonchev–Trinajstić information content (AvgIpc) is 3.14. The number of benzene rings is 3. The number of furan rings is 1. The van der Waals surface area contributed by atoms with Gasteiger partial charge < -0.3 is 4.42 Å². The second-order valence-electron chi connectivity index (χ2n) is 6.49. The van der Waals surface area contributed by atoms with Crippen molar-refractivity contribution < 1.29 is 9.90 Å². The zero-order valence-corrected chi connectivity index (χ0v) is 14.9. The van der Waals surface area contributed by atoms with Crippen molar-refractivity contribution in [2.45, 2.75) is 13.8 Å². The lowest BCUT2D eigenvalue weighted by atomic mass is 10.0. The van der Waals surface area contributed by atoms with Crippen LogP contribution in [0.25, 0.3) is 44.5 Å². The molecule has 0 aliphatic rings. The Labute approximate surface area is 162 Å². The van der Waals surface area contributed by atoms with E-state index < -0.39 is 0 Å². The Morgan fingerprint density at radius 2 is 1.59 bits per heavy atom. The molecule has 0 fully saturated rings. The minimum atomic E-state index is -0.204. The third-order valence-corrected chi connectivity index (χ3v) is 4.52. The number of hydrogen-bond acceptors (Lipinski definition) is 3. The number of nitrogens with zero attached hydrogens (tertiary/aromatic N) is 2. The maximum Gasteiger partial charge on any atom is 0.136 e. The van der Waals surface area contributed by atoms with E-state index in [1.54, 1.807) is 19.9 Å².